The van der Waals surface area contributed by atoms with Gasteiger partial charge >= 0.3 is 5.63 Å². The van der Waals surface area contributed by atoms with Crippen LogP contribution in [0.3, 0.4) is 0 Å². The van der Waals surface area contributed by atoms with Crippen LogP contribution < -0.4 is 10.9 Å². The lowest BCUT2D eigenvalue weighted by Gasteiger charge is -2.26. The number of hydrogen-bond acceptors (Lipinski definition) is 4. The molecule has 0 radical (unpaired) electrons. The van der Waals surface area contributed by atoms with E-state index in [0.29, 0.717) is 24.4 Å². The van der Waals surface area contributed by atoms with Gasteiger partial charge in [0.05, 0.1) is 6.54 Å². The van der Waals surface area contributed by atoms with Crippen molar-refractivity contribution in [1.82, 2.24) is 10.2 Å². The van der Waals surface area contributed by atoms with Gasteiger partial charge in [-0.15, -0.1) is 0 Å². The molecule has 2 heterocycles. The monoisotopic (exact) mass is 306 g/mol. The highest BCUT2D eigenvalue weighted by atomic mass is 16.4. The van der Waals surface area contributed by atoms with Gasteiger partial charge in [-0.2, -0.15) is 0 Å². The van der Waals surface area contributed by atoms with Gasteiger partial charge in [0, 0.05) is 19.0 Å². The average Bonchev–Trinajstić information content (AvgIpc) is 2.46. The first kappa shape index (κ1) is 16.3. The SMILES string of the molecule is CCCC(C)c1cc(C)c(C(=O)N2CCNC(=O)C2)c(=O)o1. The summed E-state index contributed by atoms with van der Waals surface area (Å²) in [6.45, 7) is 6.58. The summed E-state index contributed by atoms with van der Waals surface area (Å²) in [5, 5.41) is 2.65. The van der Waals surface area contributed by atoms with Crippen LogP contribution in [0.5, 0.6) is 0 Å². The summed E-state index contributed by atoms with van der Waals surface area (Å²) in [5.74, 6) is 0.101. The quantitative estimate of drug-likeness (QED) is 0.912. The summed E-state index contributed by atoms with van der Waals surface area (Å²) < 4.78 is 5.34. The topological polar surface area (TPSA) is 79.6 Å². The molecule has 6 nitrogen and oxygen atoms in total. The van der Waals surface area contributed by atoms with Gasteiger partial charge in [0.25, 0.3) is 5.91 Å². The molecule has 0 bridgehead atoms. The predicted molar refractivity (Wildman–Crippen MR) is 82.0 cm³/mol. The van der Waals surface area contributed by atoms with Crippen molar-refractivity contribution < 1.29 is 14.0 Å². The van der Waals surface area contributed by atoms with Crippen molar-refractivity contribution in [2.24, 2.45) is 0 Å². The molecule has 1 fully saturated rings. The van der Waals surface area contributed by atoms with Crippen LogP contribution in [0, 0.1) is 6.92 Å². The number of nitrogens with zero attached hydrogens (tertiary/aromatic N) is 1. The van der Waals surface area contributed by atoms with Gasteiger partial charge in [-0.1, -0.05) is 20.3 Å². The lowest BCUT2D eigenvalue weighted by Crippen LogP contribution is -2.50. The lowest BCUT2D eigenvalue weighted by molar-refractivity contribution is -0.123. The smallest absolute Gasteiger partial charge is 0.349 e. The van der Waals surface area contributed by atoms with Crippen molar-refractivity contribution >= 4 is 11.8 Å². The maximum Gasteiger partial charge on any atom is 0.349 e. The van der Waals surface area contributed by atoms with E-state index in [1.165, 1.54) is 4.90 Å². The van der Waals surface area contributed by atoms with Gasteiger partial charge in [0.15, 0.2) is 0 Å². The number of hydrogen-bond donors (Lipinski definition) is 1. The number of amides is 2. The van der Waals surface area contributed by atoms with Gasteiger partial charge in [-0.3, -0.25) is 9.59 Å². The van der Waals surface area contributed by atoms with Gasteiger partial charge in [0.2, 0.25) is 5.91 Å². The van der Waals surface area contributed by atoms with Crippen molar-refractivity contribution in [3.8, 4) is 0 Å². The van der Waals surface area contributed by atoms with Crippen LogP contribution >= 0.6 is 0 Å². The highest BCUT2D eigenvalue weighted by Crippen LogP contribution is 2.21. The zero-order chi connectivity index (χ0) is 16.3. The van der Waals surface area contributed by atoms with Crippen LogP contribution in [0.15, 0.2) is 15.3 Å². The molecule has 0 saturated carbocycles. The summed E-state index contributed by atoms with van der Waals surface area (Å²) in [6, 6.07) is 1.76. The van der Waals surface area contributed by atoms with E-state index in [1.807, 2.05) is 6.92 Å². The number of aryl methyl sites for hydroxylation is 1. The van der Waals surface area contributed by atoms with Crippen molar-refractivity contribution in [2.45, 2.75) is 39.5 Å². The summed E-state index contributed by atoms with van der Waals surface area (Å²) in [4.78, 5) is 37.5. The first-order chi connectivity index (χ1) is 10.4. The molecule has 1 atom stereocenters. The Morgan fingerprint density at radius 1 is 1.45 bits per heavy atom. The maximum atomic E-state index is 12.5. The third kappa shape index (κ3) is 3.37. The van der Waals surface area contributed by atoms with Crippen molar-refractivity contribution in [2.75, 3.05) is 19.6 Å². The third-order valence-corrected chi connectivity index (χ3v) is 3.91. The Labute approximate surface area is 129 Å². The number of carbonyl (C=O) groups is 2. The number of rotatable bonds is 4. The van der Waals surface area contributed by atoms with Crippen LogP contribution in [-0.2, 0) is 4.79 Å². The minimum absolute atomic E-state index is 0.0221. The Morgan fingerprint density at radius 2 is 2.18 bits per heavy atom. The first-order valence-electron chi connectivity index (χ1n) is 7.64. The Bertz CT molecular complexity index is 636. The van der Waals surface area contributed by atoms with Crippen LogP contribution in [0.2, 0.25) is 0 Å². The van der Waals surface area contributed by atoms with Crippen molar-refractivity contribution in [3.63, 3.8) is 0 Å². The maximum absolute atomic E-state index is 12.5. The molecule has 2 amide bonds. The second-order valence-corrected chi connectivity index (χ2v) is 5.76. The van der Waals surface area contributed by atoms with Gasteiger partial charge in [0.1, 0.15) is 11.3 Å². The van der Waals surface area contributed by atoms with Crippen LogP contribution in [0.1, 0.15) is 54.3 Å². The molecule has 0 aliphatic carbocycles. The molecule has 2 rings (SSSR count). The van der Waals surface area contributed by atoms with Gasteiger partial charge in [-0.05, 0) is 25.0 Å². The Kier molecular flexibility index (Phi) is 5.00. The molecule has 1 aromatic rings. The minimum Gasteiger partial charge on any atom is -0.427 e. The zero-order valence-electron chi connectivity index (χ0n) is 13.3. The van der Waals surface area contributed by atoms with E-state index in [1.54, 1.807) is 13.0 Å². The van der Waals surface area contributed by atoms with Crippen molar-refractivity contribution in [1.29, 1.82) is 0 Å². The number of nitrogens with one attached hydrogen (secondary N) is 1. The van der Waals surface area contributed by atoms with E-state index >= 15 is 0 Å². The van der Waals surface area contributed by atoms with Gasteiger partial charge < -0.3 is 14.6 Å². The molecule has 1 unspecified atom stereocenters. The molecule has 1 saturated heterocycles. The predicted octanol–water partition coefficient (Wildman–Crippen LogP) is 1.42. The van der Waals surface area contributed by atoms with E-state index in [2.05, 4.69) is 12.2 Å². The molecular weight excluding hydrogens is 284 g/mol. The summed E-state index contributed by atoms with van der Waals surface area (Å²) in [7, 11) is 0. The average molecular weight is 306 g/mol. The molecule has 0 aromatic carbocycles. The minimum atomic E-state index is -0.617. The highest BCUT2D eigenvalue weighted by molar-refractivity contribution is 5.97. The van der Waals surface area contributed by atoms with Crippen LogP contribution in [-0.4, -0.2) is 36.3 Å². The van der Waals surface area contributed by atoms with Crippen molar-refractivity contribution in [3.05, 3.63) is 33.4 Å². The fourth-order valence-corrected chi connectivity index (χ4v) is 2.68. The largest absolute Gasteiger partial charge is 0.427 e. The number of piperazine rings is 1. The Balaban J connectivity index is 2.30. The molecule has 6 heteroatoms. The number of carbonyl (C=O) groups excluding carboxylic acids is 2. The summed E-state index contributed by atoms with van der Waals surface area (Å²) in [5.41, 5.74) is 0.0151. The second kappa shape index (κ2) is 6.77. The van der Waals surface area contributed by atoms with E-state index in [4.69, 9.17) is 4.42 Å². The Morgan fingerprint density at radius 3 is 2.77 bits per heavy atom. The molecule has 1 N–H and O–H groups in total. The fraction of sp³-hybridized carbons (Fsp3) is 0.562. The Hall–Kier alpha value is -2.11. The van der Waals surface area contributed by atoms with E-state index in [0.717, 1.165) is 12.8 Å². The highest BCUT2D eigenvalue weighted by Gasteiger charge is 2.27. The molecular formula is C16H22N2O4. The normalized spacial score (nSPS) is 16.3. The molecule has 1 aromatic heterocycles. The van der Waals surface area contributed by atoms with Crippen LogP contribution in [0.25, 0.3) is 0 Å². The van der Waals surface area contributed by atoms with E-state index in [-0.39, 0.29) is 23.9 Å². The summed E-state index contributed by atoms with van der Waals surface area (Å²) in [6.07, 6.45) is 1.91. The van der Waals surface area contributed by atoms with E-state index in [9.17, 15) is 14.4 Å². The molecule has 22 heavy (non-hydrogen) atoms. The van der Waals surface area contributed by atoms with E-state index < -0.39 is 11.5 Å². The van der Waals surface area contributed by atoms with Crippen LogP contribution in [0.4, 0.5) is 0 Å². The molecule has 1 aliphatic heterocycles. The third-order valence-electron chi connectivity index (χ3n) is 3.91. The second-order valence-electron chi connectivity index (χ2n) is 5.76. The molecule has 1 aliphatic rings. The van der Waals surface area contributed by atoms with Gasteiger partial charge in [-0.25, -0.2) is 4.79 Å². The molecule has 120 valence electrons. The standard InChI is InChI=1S/C16H22N2O4/c1-4-5-10(2)12-8-11(3)14(16(21)22-12)15(20)18-7-6-17-13(19)9-18/h8,10H,4-7,9H2,1-3H3,(H,17,19). The summed E-state index contributed by atoms with van der Waals surface area (Å²) >= 11 is 0. The first-order valence-corrected chi connectivity index (χ1v) is 7.64. The fourth-order valence-electron chi connectivity index (χ4n) is 2.68. The zero-order valence-corrected chi connectivity index (χ0v) is 13.3. The lowest BCUT2D eigenvalue weighted by atomic mass is 10.0. The molecule has 0 spiro atoms.